The number of rotatable bonds is 2. The predicted octanol–water partition coefficient (Wildman–Crippen LogP) is 1.83. The zero-order chi connectivity index (χ0) is 11.4. The molecule has 0 radical (unpaired) electrons. The van der Waals surface area contributed by atoms with E-state index in [1.807, 2.05) is 0 Å². The summed E-state index contributed by atoms with van der Waals surface area (Å²) in [5.41, 5.74) is 0.817. The molecule has 0 saturated carbocycles. The number of carbonyl (C=O) groups excluding carboxylic acids is 2. The zero-order valence-corrected chi connectivity index (χ0v) is 8.89. The van der Waals surface area contributed by atoms with Gasteiger partial charge in [-0.05, 0) is 25.0 Å². The number of nitrogens with zero attached hydrogens (tertiary/aromatic N) is 1. The van der Waals surface area contributed by atoms with Crippen molar-refractivity contribution >= 4 is 17.9 Å². The van der Waals surface area contributed by atoms with Gasteiger partial charge in [0.1, 0.15) is 0 Å². The van der Waals surface area contributed by atoms with Gasteiger partial charge < -0.3 is 4.42 Å². The van der Waals surface area contributed by atoms with Gasteiger partial charge >= 0.3 is 0 Å². The third-order valence-corrected chi connectivity index (χ3v) is 2.55. The first kappa shape index (κ1) is 10.7. The summed E-state index contributed by atoms with van der Waals surface area (Å²) in [7, 11) is 0. The highest BCUT2D eigenvalue weighted by molar-refractivity contribution is 6.03. The first-order valence-corrected chi connectivity index (χ1v) is 5.32. The van der Waals surface area contributed by atoms with Crippen molar-refractivity contribution in [2.24, 2.45) is 0 Å². The lowest BCUT2D eigenvalue weighted by Crippen LogP contribution is -2.39. The van der Waals surface area contributed by atoms with E-state index in [1.165, 1.54) is 17.2 Å². The molecule has 0 aromatic carbocycles. The highest BCUT2D eigenvalue weighted by Crippen LogP contribution is 2.11. The van der Waals surface area contributed by atoms with Crippen molar-refractivity contribution in [2.45, 2.75) is 19.3 Å². The number of imide groups is 1. The van der Waals surface area contributed by atoms with Crippen LogP contribution in [0.15, 0.2) is 29.1 Å². The van der Waals surface area contributed by atoms with Gasteiger partial charge in [0.15, 0.2) is 0 Å². The largest absolute Gasteiger partial charge is 0.472 e. The molecule has 2 amide bonds. The minimum absolute atomic E-state index is 0.0758. The quantitative estimate of drug-likeness (QED) is 0.713. The van der Waals surface area contributed by atoms with Gasteiger partial charge in [-0.1, -0.05) is 0 Å². The summed E-state index contributed by atoms with van der Waals surface area (Å²) in [6.07, 6.45) is 8.40. The summed E-state index contributed by atoms with van der Waals surface area (Å²) in [6, 6.07) is 1.75. The van der Waals surface area contributed by atoms with Crippen LogP contribution >= 0.6 is 0 Å². The van der Waals surface area contributed by atoms with E-state index in [1.54, 1.807) is 18.4 Å². The summed E-state index contributed by atoms with van der Waals surface area (Å²) < 4.78 is 4.87. The van der Waals surface area contributed by atoms with Gasteiger partial charge in [-0.25, -0.2) is 0 Å². The zero-order valence-electron chi connectivity index (χ0n) is 8.89. The SMILES string of the molecule is O=C(/C=C/c1ccoc1)N1CCCCC1=O. The lowest BCUT2D eigenvalue weighted by molar-refractivity contribution is -0.143. The molecular weight excluding hydrogens is 206 g/mol. The highest BCUT2D eigenvalue weighted by atomic mass is 16.3. The van der Waals surface area contributed by atoms with Crippen LogP contribution in [0.2, 0.25) is 0 Å². The van der Waals surface area contributed by atoms with Gasteiger partial charge in [0.25, 0.3) is 5.91 Å². The molecule has 4 nitrogen and oxygen atoms in total. The molecule has 1 aromatic rings. The van der Waals surface area contributed by atoms with Crippen LogP contribution in [-0.4, -0.2) is 23.3 Å². The standard InChI is InChI=1S/C12H13NO3/c14-11-3-1-2-7-13(11)12(15)5-4-10-6-8-16-9-10/h4-6,8-9H,1-3,7H2/b5-4+. The number of piperidine rings is 1. The summed E-state index contributed by atoms with van der Waals surface area (Å²) >= 11 is 0. The maximum Gasteiger partial charge on any atom is 0.253 e. The Morgan fingerprint density at radius 1 is 1.44 bits per heavy atom. The van der Waals surface area contributed by atoms with Gasteiger partial charge in [0.2, 0.25) is 5.91 Å². The van der Waals surface area contributed by atoms with Crippen LogP contribution in [-0.2, 0) is 9.59 Å². The molecule has 0 N–H and O–H groups in total. The molecule has 4 heteroatoms. The minimum atomic E-state index is -0.245. The lowest BCUT2D eigenvalue weighted by atomic mass is 10.1. The van der Waals surface area contributed by atoms with Crippen molar-refractivity contribution in [3.05, 3.63) is 30.2 Å². The third kappa shape index (κ3) is 2.39. The maximum absolute atomic E-state index is 11.7. The van der Waals surface area contributed by atoms with Crippen molar-refractivity contribution in [3.8, 4) is 0 Å². The van der Waals surface area contributed by atoms with Crippen LogP contribution in [0.3, 0.4) is 0 Å². The molecule has 16 heavy (non-hydrogen) atoms. The topological polar surface area (TPSA) is 50.5 Å². The highest BCUT2D eigenvalue weighted by Gasteiger charge is 2.22. The molecule has 1 aliphatic rings. The van der Waals surface area contributed by atoms with E-state index in [4.69, 9.17) is 4.42 Å². The van der Waals surface area contributed by atoms with E-state index in [-0.39, 0.29) is 11.8 Å². The van der Waals surface area contributed by atoms with Gasteiger partial charge in [-0.3, -0.25) is 14.5 Å². The molecule has 1 fully saturated rings. The number of carbonyl (C=O) groups is 2. The van der Waals surface area contributed by atoms with Crippen LogP contribution in [0.25, 0.3) is 6.08 Å². The molecule has 0 unspecified atom stereocenters. The smallest absolute Gasteiger partial charge is 0.253 e. The summed E-state index contributed by atoms with van der Waals surface area (Å²) in [5, 5.41) is 0. The third-order valence-electron chi connectivity index (χ3n) is 2.55. The maximum atomic E-state index is 11.7. The fraction of sp³-hybridized carbons (Fsp3) is 0.333. The fourth-order valence-corrected chi connectivity index (χ4v) is 1.67. The molecule has 0 atom stereocenters. The van der Waals surface area contributed by atoms with Gasteiger partial charge in [0, 0.05) is 24.6 Å². The van der Waals surface area contributed by atoms with Crippen LogP contribution in [0, 0.1) is 0 Å². The normalized spacial score (nSPS) is 17.0. The van der Waals surface area contributed by atoms with Gasteiger partial charge in [-0.2, -0.15) is 0 Å². The second-order valence-corrected chi connectivity index (χ2v) is 3.73. The van der Waals surface area contributed by atoms with Crippen molar-refractivity contribution < 1.29 is 14.0 Å². The molecular formula is C12H13NO3. The predicted molar refractivity (Wildman–Crippen MR) is 58.3 cm³/mol. The van der Waals surface area contributed by atoms with E-state index >= 15 is 0 Å². The average molecular weight is 219 g/mol. The Kier molecular flexibility index (Phi) is 3.19. The van der Waals surface area contributed by atoms with Crippen molar-refractivity contribution in [2.75, 3.05) is 6.54 Å². The monoisotopic (exact) mass is 219 g/mol. The molecule has 1 saturated heterocycles. The van der Waals surface area contributed by atoms with E-state index in [0.717, 1.165) is 18.4 Å². The number of hydrogen-bond donors (Lipinski definition) is 0. The number of hydrogen-bond acceptors (Lipinski definition) is 3. The Balaban J connectivity index is 1.99. The molecule has 2 rings (SSSR count). The molecule has 0 spiro atoms. The van der Waals surface area contributed by atoms with Gasteiger partial charge in [0.05, 0.1) is 12.5 Å². The summed E-state index contributed by atoms with van der Waals surface area (Å²) in [6.45, 7) is 0.535. The fourth-order valence-electron chi connectivity index (χ4n) is 1.67. The van der Waals surface area contributed by atoms with Crippen molar-refractivity contribution in [1.29, 1.82) is 0 Å². The minimum Gasteiger partial charge on any atom is -0.472 e. The van der Waals surface area contributed by atoms with Gasteiger partial charge in [-0.15, -0.1) is 0 Å². The molecule has 0 aliphatic carbocycles. The van der Waals surface area contributed by atoms with E-state index in [9.17, 15) is 9.59 Å². The average Bonchev–Trinajstić information content (AvgIpc) is 2.79. The van der Waals surface area contributed by atoms with E-state index in [2.05, 4.69) is 0 Å². The molecule has 1 aromatic heterocycles. The van der Waals surface area contributed by atoms with Crippen molar-refractivity contribution in [1.82, 2.24) is 4.90 Å². The second-order valence-electron chi connectivity index (χ2n) is 3.73. The van der Waals surface area contributed by atoms with Crippen LogP contribution in [0.4, 0.5) is 0 Å². The summed E-state index contributed by atoms with van der Waals surface area (Å²) in [4.78, 5) is 24.4. The number of furan rings is 1. The van der Waals surface area contributed by atoms with E-state index in [0.29, 0.717) is 13.0 Å². The van der Waals surface area contributed by atoms with Crippen LogP contribution < -0.4 is 0 Å². The summed E-state index contributed by atoms with van der Waals surface area (Å²) in [5.74, 6) is -0.320. The Morgan fingerprint density at radius 3 is 3.00 bits per heavy atom. The Labute approximate surface area is 93.5 Å². The molecule has 2 heterocycles. The Bertz CT molecular complexity index is 406. The van der Waals surface area contributed by atoms with Crippen LogP contribution in [0.5, 0.6) is 0 Å². The number of amides is 2. The van der Waals surface area contributed by atoms with Crippen LogP contribution in [0.1, 0.15) is 24.8 Å². The first-order chi connectivity index (χ1) is 7.77. The van der Waals surface area contributed by atoms with E-state index < -0.39 is 0 Å². The van der Waals surface area contributed by atoms with Crippen molar-refractivity contribution in [3.63, 3.8) is 0 Å². The molecule has 84 valence electrons. The second kappa shape index (κ2) is 4.79. The first-order valence-electron chi connectivity index (χ1n) is 5.32. The number of likely N-dealkylation sites (tertiary alicyclic amines) is 1. The Hall–Kier alpha value is -1.84. The molecule has 1 aliphatic heterocycles. The lowest BCUT2D eigenvalue weighted by Gasteiger charge is -2.23. The Morgan fingerprint density at radius 2 is 2.31 bits per heavy atom. The molecule has 0 bridgehead atoms.